The number of likely N-dealkylation sites (tertiary alicyclic amines) is 1. The van der Waals surface area contributed by atoms with Crippen LogP contribution in [0.3, 0.4) is 0 Å². The minimum Gasteiger partial charge on any atom is -0.357 e. The van der Waals surface area contributed by atoms with Gasteiger partial charge < -0.3 is 19.7 Å². The van der Waals surface area contributed by atoms with Gasteiger partial charge in [-0.05, 0) is 33.6 Å². The summed E-state index contributed by atoms with van der Waals surface area (Å²) in [5, 5.41) is 11.5. The molecule has 1 unspecified atom stereocenters. The monoisotopic (exact) mass is 518 g/mol. The van der Waals surface area contributed by atoms with Gasteiger partial charge in [0.1, 0.15) is 12.9 Å². The smallest absolute Gasteiger partial charge is 0.239 e. The van der Waals surface area contributed by atoms with Gasteiger partial charge >= 0.3 is 0 Å². The van der Waals surface area contributed by atoms with Crippen LogP contribution in [-0.4, -0.2) is 93.2 Å². The number of carbonyl (C=O) groups excluding carboxylic acids is 1. The Bertz CT molecular complexity index is 665. The summed E-state index contributed by atoms with van der Waals surface area (Å²) in [5.41, 5.74) is 0. The molecule has 164 valence electrons. The summed E-state index contributed by atoms with van der Waals surface area (Å²) in [5.74, 6) is 2.07. The number of nitrogens with one attached hydrogen (secondary N) is 1. The van der Waals surface area contributed by atoms with Gasteiger partial charge in [-0.25, -0.2) is 4.99 Å². The van der Waals surface area contributed by atoms with Crippen LogP contribution in [0.4, 0.5) is 0 Å². The maximum Gasteiger partial charge on any atom is 0.239 e. The predicted octanol–water partition coefficient (Wildman–Crippen LogP) is 1.01. The quantitative estimate of drug-likeness (QED) is 0.344. The van der Waals surface area contributed by atoms with Gasteiger partial charge in [-0.3, -0.25) is 9.69 Å². The third kappa shape index (κ3) is 6.03. The molecule has 0 aliphatic carbocycles. The number of aliphatic imine (C=N–C) groups is 1. The minimum atomic E-state index is -0.0390. The van der Waals surface area contributed by atoms with E-state index in [1.807, 2.05) is 16.4 Å². The topological polar surface area (TPSA) is 81.9 Å². The first-order chi connectivity index (χ1) is 13.6. The second-order valence-electron chi connectivity index (χ2n) is 7.43. The van der Waals surface area contributed by atoms with Crippen molar-refractivity contribution in [1.82, 2.24) is 34.8 Å². The molecule has 29 heavy (non-hydrogen) atoms. The molecule has 3 heterocycles. The van der Waals surface area contributed by atoms with E-state index in [9.17, 15) is 4.79 Å². The van der Waals surface area contributed by atoms with Crippen LogP contribution in [-0.2, 0) is 17.9 Å². The Balaban J connectivity index is 0.00000300. The fourth-order valence-corrected chi connectivity index (χ4v) is 3.92. The lowest BCUT2D eigenvalue weighted by Gasteiger charge is -2.39. The summed E-state index contributed by atoms with van der Waals surface area (Å²) < 4.78 is 2.01. The molecule has 10 heteroatoms. The molecule has 2 aliphatic rings. The molecule has 0 aromatic carbocycles. The van der Waals surface area contributed by atoms with Crippen molar-refractivity contribution in [3.8, 4) is 0 Å². The number of amides is 1. The van der Waals surface area contributed by atoms with Gasteiger partial charge in [0.05, 0.1) is 6.04 Å². The Morgan fingerprint density at radius 1 is 1.14 bits per heavy atom. The molecule has 1 amide bonds. The van der Waals surface area contributed by atoms with Gasteiger partial charge in [-0.15, -0.1) is 34.2 Å². The van der Waals surface area contributed by atoms with Crippen molar-refractivity contribution >= 4 is 35.8 Å². The Morgan fingerprint density at radius 3 is 2.45 bits per heavy atom. The summed E-state index contributed by atoms with van der Waals surface area (Å²) in [7, 11) is 0. The van der Waals surface area contributed by atoms with Gasteiger partial charge in [0.15, 0.2) is 11.8 Å². The maximum absolute atomic E-state index is 12.7. The van der Waals surface area contributed by atoms with E-state index in [2.05, 4.69) is 39.2 Å². The highest BCUT2D eigenvalue weighted by molar-refractivity contribution is 14.0. The molecular weight excluding hydrogens is 483 g/mol. The lowest BCUT2D eigenvalue weighted by molar-refractivity contribution is -0.135. The first-order valence-electron chi connectivity index (χ1n) is 10.6. The first kappa shape index (κ1) is 23.8. The molecule has 3 rings (SSSR count). The zero-order valence-electron chi connectivity index (χ0n) is 17.9. The summed E-state index contributed by atoms with van der Waals surface area (Å²) >= 11 is 0. The van der Waals surface area contributed by atoms with Crippen molar-refractivity contribution in [2.75, 3.05) is 45.8 Å². The highest BCUT2D eigenvalue weighted by Gasteiger charge is 2.30. The minimum absolute atomic E-state index is 0. The summed E-state index contributed by atoms with van der Waals surface area (Å²) in [6.07, 6.45) is 4.02. The zero-order valence-corrected chi connectivity index (χ0v) is 20.2. The molecule has 0 spiro atoms. The summed E-state index contributed by atoms with van der Waals surface area (Å²) in [4.78, 5) is 24.0. The molecule has 1 aromatic heterocycles. The van der Waals surface area contributed by atoms with Crippen LogP contribution in [0.5, 0.6) is 0 Å². The van der Waals surface area contributed by atoms with E-state index >= 15 is 0 Å². The predicted molar refractivity (Wildman–Crippen MR) is 124 cm³/mol. The summed E-state index contributed by atoms with van der Waals surface area (Å²) in [6.45, 7) is 13.7. The van der Waals surface area contributed by atoms with Crippen molar-refractivity contribution in [2.45, 2.75) is 52.7 Å². The van der Waals surface area contributed by atoms with Gasteiger partial charge in [0.2, 0.25) is 5.91 Å². The normalized spacial score (nSPS) is 19.2. The molecule has 0 radical (unpaired) electrons. The molecule has 2 fully saturated rings. The van der Waals surface area contributed by atoms with Crippen LogP contribution in [0.15, 0.2) is 11.3 Å². The SMILES string of the molecule is CCNC(=NCc1nncn1CC)N1CCN(C(C)C(=O)N2CCCC2)CC1.I. The number of rotatable bonds is 6. The third-order valence-corrected chi connectivity index (χ3v) is 5.68. The number of hydrogen-bond acceptors (Lipinski definition) is 5. The lowest BCUT2D eigenvalue weighted by atomic mass is 10.2. The molecule has 1 atom stereocenters. The highest BCUT2D eigenvalue weighted by Crippen LogP contribution is 2.14. The van der Waals surface area contributed by atoms with Gasteiger partial charge in [-0.2, -0.15) is 0 Å². The number of aryl methyl sites for hydroxylation is 1. The van der Waals surface area contributed by atoms with E-state index in [0.29, 0.717) is 6.54 Å². The van der Waals surface area contributed by atoms with Gasteiger partial charge in [0.25, 0.3) is 0 Å². The number of nitrogens with zero attached hydrogens (tertiary/aromatic N) is 7. The van der Waals surface area contributed by atoms with E-state index in [-0.39, 0.29) is 35.9 Å². The van der Waals surface area contributed by atoms with Crippen LogP contribution >= 0.6 is 24.0 Å². The first-order valence-corrected chi connectivity index (χ1v) is 10.6. The van der Waals surface area contributed by atoms with Crippen molar-refractivity contribution in [3.63, 3.8) is 0 Å². The number of guanidine groups is 1. The van der Waals surface area contributed by atoms with Crippen LogP contribution in [0.1, 0.15) is 39.4 Å². The third-order valence-electron chi connectivity index (χ3n) is 5.68. The lowest BCUT2D eigenvalue weighted by Crippen LogP contribution is -2.57. The Kier molecular flexibility index (Phi) is 9.60. The number of halogens is 1. The summed E-state index contributed by atoms with van der Waals surface area (Å²) in [6, 6.07) is -0.0390. The Morgan fingerprint density at radius 2 is 1.83 bits per heavy atom. The average molecular weight is 518 g/mol. The van der Waals surface area contributed by atoms with E-state index in [1.54, 1.807) is 6.33 Å². The Hall–Kier alpha value is -1.43. The molecule has 0 bridgehead atoms. The van der Waals surface area contributed by atoms with Gasteiger partial charge in [-0.1, -0.05) is 0 Å². The van der Waals surface area contributed by atoms with Gasteiger partial charge in [0, 0.05) is 52.4 Å². The van der Waals surface area contributed by atoms with Crippen molar-refractivity contribution in [3.05, 3.63) is 12.2 Å². The standard InChI is InChI=1S/C19H34N8O.HI/c1-4-20-19(21-14-17-23-22-15-24(17)5-2)27-12-10-25(11-13-27)16(3)18(28)26-8-6-7-9-26;/h15-16H,4-14H2,1-3H3,(H,20,21);1H. The zero-order chi connectivity index (χ0) is 19.9. The molecule has 1 N–H and O–H groups in total. The van der Waals surface area contributed by atoms with Crippen molar-refractivity contribution in [2.24, 2.45) is 4.99 Å². The van der Waals surface area contributed by atoms with Crippen LogP contribution in [0.25, 0.3) is 0 Å². The second-order valence-corrected chi connectivity index (χ2v) is 7.43. The number of carbonyl (C=O) groups is 1. The molecular formula is C19H35IN8O. The molecule has 1 aromatic rings. The van der Waals surface area contributed by atoms with Crippen LogP contribution in [0.2, 0.25) is 0 Å². The largest absolute Gasteiger partial charge is 0.357 e. The van der Waals surface area contributed by atoms with Crippen LogP contribution < -0.4 is 5.32 Å². The molecule has 2 saturated heterocycles. The fraction of sp³-hybridized carbons (Fsp3) is 0.789. The maximum atomic E-state index is 12.7. The highest BCUT2D eigenvalue weighted by atomic mass is 127. The molecule has 2 aliphatic heterocycles. The van der Waals surface area contributed by atoms with Crippen molar-refractivity contribution in [1.29, 1.82) is 0 Å². The Labute approximate surface area is 190 Å². The van der Waals surface area contributed by atoms with E-state index in [4.69, 9.17) is 4.99 Å². The fourth-order valence-electron chi connectivity index (χ4n) is 3.92. The number of hydrogen-bond donors (Lipinski definition) is 1. The average Bonchev–Trinajstić information content (AvgIpc) is 3.42. The molecule has 9 nitrogen and oxygen atoms in total. The molecule has 0 saturated carbocycles. The number of piperazine rings is 1. The van der Waals surface area contributed by atoms with E-state index < -0.39 is 0 Å². The van der Waals surface area contributed by atoms with E-state index in [0.717, 1.165) is 77.0 Å². The number of aromatic nitrogens is 3. The van der Waals surface area contributed by atoms with Crippen LogP contribution in [0, 0.1) is 0 Å². The van der Waals surface area contributed by atoms with E-state index in [1.165, 1.54) is 0 Å². The van der Waals surface area contributed by atoms with Crippen molar-refractivity contribution < 1.29 is 4.79 Å². The second kappa shape index (κ2) is 11.7.